The van der Waals surface area contributed by atoms with Gasteiger partial charge in [-0.2, -0.15) is 18.4 Å². The maximum atomic E-state index is 13.0. The molecule has 0 saturated carbocycles. The highest BCUT2D eigenvalue weighted by atomic mass is 35.5. The van der Waals surface area contributed by atoms with E-state index in [-0.39, 0.29) is 22.1 Å². The van der Waals surface area contributed by atoms with Crippen molar-refractivity contribution in [3.05, 3.63) is 52.8 Å². The molecule has 2 aromatic heterocycles. The zero-order chi connectivity index (χ0) is 18.2. The van der Waals surface area contributed by atoms with Gasteiger partial charge in [0.25, 0.3) is 0 Å². The van der Waals surface area contributed by atoms with Crippen LogP contribution in [0.3, 0.4) is 0 Å². The van der Waals surface area contributed by atoms with Gasteiger partial charge in [0.2, 0.25) is 0 Å². The van der Waals surface area contributed by atoms with Crippen LogP contribution in [-0.2, 0) is 6.18 Å². The van der Waals surface area contributed by atoms with E-state index in [4.69, 9.17) is 16.3 Å². The van der Waals surface area contributed by atoms with Gasteiger partial charge in [0.15, 0.2) is 11.3 Å². The van der Waals surface area contributed by atoms with E-state index in [1.54, 1.807) is 24.3 Å². The molecule has 25 heavy (non-hydrogen) atoms. The number of fused-ring (bicyclic) bond motifs is 1. The molecule has 2 heterocycles. The number of aromatic nitrogens is 2. The summed E-state index contributed by atoms with van der Waals surface area (Å²) < 4.78 is 45.4. The molecule has 0 radical (unpaired) electrons. The summed E-state index contributed by atoms with van der Waals surface area (Å²) in [6, 6.07) is 9.48. The highest BCUT2D eigenvalue weighted by molar-refractivity contribution is 6.33. The highest BCUT2D eigenvalue weighted by Crippen LogP contribution is 2.34. The van der Waals surface area contributed by atoms with Gasteiger partial charge in [-0.3, -0.25) is 4.40 Å². The minimum atomic E-state index is -4.58. The van der Waals surface area contributed by atoms with E-state index in [0.717, 1.165) is 16.7 Å². The van der Waals surface area contributed by atoms with Crippen LogP contribution >= 0.6 is 11.6 Å². The van der Waals surface area contributed by atoms with E-state index in [0.29, 0.717) is 17.9 Å². The average molecular weight is 366 g/mol. The van der Waals surface area contributed by atoms with Gasteiger partial charge in [-0.05, 0) is 37.3 Å². The Hall–Kier alpha value is -2.72. The summed E-state index contributed by atoms with van der Waals surface area (Å²) >= 11 is 5.95. The molecular weight excluding hydrogens is 355 g/mol. The molecule has 0 saturated heterocycles. The number of benzene rings is 1. The second-order valence-corrected chi connectivity index (χ2v) is 5.55. The minimum Gasteiger partial charge on any atom is -0.494 e. The number of alkyl halides is 3. The first-order valence-corrected chi connectivity index (χ1v) is 7.65. The highest BCUT2D eigenvalue weighted by Gasteiger charge is 2.32. The first kappa shape index (κ1) is 17.1. The van der Waals surface area contributed by atoms with Crippen molar-refractivity contribution in [2.75, 3.05) is 6.61 Å². The van der Waals surface area contributed by atoms with Gasteiger partial charge in [0.05, 0.1) is 17.2 Å². The first-order valence-electron chi connectivity index (χ1n) is 7.27. The molecule has 0 N–H and O–H groups in total. The van der Waals surface area contributed by atoms with Crippen molar-refractivity contribution in [2.24, 2.45) is 0 Å². The van der Waals surface area contributed by atoms with Gasteiger partial charge < -0.3 is 4.74 Å². The number of nitriles is 1. The van der Waals surface area contributed by atoms with Crippen molar-refractivity contribution < 1.29 is 17.9 Å². The van der Waals surface area contributed by atoms with Gasteiger partial charge in [-0.1, -0.05) is 11.6 Å². The molecule has 0 amide bonds. The van der Waals surface area contributed by atoms with Crippen molar-refractivity contribution >= 4 is 17.2 Å². The van der Waals surface area contributed by atoms with Crippen LogP contribution < -0.4 is 4.74 Å². The monoisotopic (exact) mass is 365 g/mol. The van der Waals surface area contributed by atoms with Gasteiger partial charge in [-0.15, -0.1) is 0 Å². The molecule has 0 aliphatic carbocycles. The van der Waals surface area contributed by atoms with Crippen molar-refractivity contribution in [1.29, 1.82) is 5.26 Å². The number of hydrogen-bond donors (Lipinski definition) is 0. The maximum absolute atomic E-state index is 13.0. The molecule has 128 valence electrons. The Morgan fingerprint density at radius 3 is 2.52 bits per heavy atom. The molecule has 3 aromatic rings. The lowest BCUT2D eigenvalue weighted by atomic mass is 10.1. The third-order valence-corrected chi connectivity index (χ3v) is 3.83. The minimum absolute atomic E-state index is 0.0211. The molecular formula is C17H11ClF3N3O. The summed E-state index contributed by atoms with van der Waals surface area (Å²) in [4.78, 5) is 4.25. The Morgan fingerprint density at radius 2 is 1.96 bits per heavy atom. The Morgan fingerprint density at radius 1 is 1.28 bits per heavy atom. The summed E-state index contributed by atoms with van der Waals surface area (Å²) in [6.45, 7) is 2.36. The number of halogens is 4. The van der Waals surface area contributed by atoms with Crippen LogP contribution in [0.2, 0.25) is 5.02 Å². The average Bonchev–Trinajstić information content (AvgIpc) is 2.94. The van der Waals surface area contributed by atoms with Crippen LogP contribution in [0.4, 0.5) is 13.2 Å². The Labute approximate surface area is 146 Å². The van der Waals surface area contributed by atoms with Gasteiger partial charge >= 0.3 is 6.18 Å². The maximum Gasteiger partial charge on any atom is 0.417 e. The third-order valence-electron chi connectivity index (χ3n) is 3.55. The second-order valence-electron chi connectivity index (χ2n) is 5.15. The number of ether oxygens (including phenoxy) is 1. The molecule has 0 spiro atoms. The third kappa shape index (κ3) is 3.13. The Bertz CT molecular complexity index is 972. The fourth-order valence-corrected chi connectivity index (χ4v) is 2.69. The van der Waals surface area contributed by atoms with E-state index >= 15 is 0 Å². The number of nitrogens with zero attached hydrogens (tertiary/aromatic N) is 3. The van der Waals surface area contributed by atoms with Crippen molar-refractivity contribution in [3.8, 4) is 23.1 Å². The van der Waals surface area contributed by atoms with Gasteiger partial charge in [0, 0.05) is 11.8 Å². The molecule has 3 rings (SSSR count). The largest absolute Gasteiger partial charge is 0.494 e. The quantitative estimate of drug-likeness (QED) is 0.660. The molecule has 8 heteroatoms. The van der Waals surface area contributed by atoms with Crippen LogP contribution in [0, 0.1) is 11.3 Å². The van der Waals surface area contributed by atoms with Crippen LogP contribution in [-0.4, -0.2) is 16.0 Å². The molecule has 0 bridgehead atoms. The van der Waals surface area contributed by atoms with Crippen LogP contribution in [0.25, 0.3) is 16.9 Å². The summed E-state index contributed by atoms with van der Waals surface area (Å²) in [5.74, 6) is 0.644. The fourth-order valence-electron chi connectivity index (χ4n) is 2.44. The SMILES string of the molecule is CCOc1ccc(-c2nc3c(Cl)cc(C(F)(F)F)cn3c2C#N)cc1. The Kier molecular flexibility index (Phi) is 4.31. The van der Waals surface area contributed by atoms with Crippen molar-refractivity contribution in [1.82, 2.24) is 9.38 Å². The number of rotatable bonds is 3. The summed E-state index contributed by atoms with van der Waals surface area (Å²) in [6.07, 6.45) is -3.75. The normalized spacial score (nSPS) is 11.5. The van der Waals surface area contributed by atoms with E-state index in [9.17, 15) is 18.4 Å². The molecule has 0 atom stereocenters. The van der Waals surface area contributed by atoms with Gasteiger partial charge in [-0.25, -0.2) is 4.98 Å². The lowest BCUT2D eigenvalue weighted by Crippen LogP contribution is -2.07. The predicted molar refractivity (Wildman–Crippen MR) is 86.5 cm³/mol. The van der Waals surface area contributed by atoms with Crippen molar-refractivity contribution in [3.63, 3.8) is 0 Å². The molecule has 1 aromatic carbocycles. The summed E-state index contributed by atoms with van der Waals surface area (Å²) in [5, 5.41) is 9.25. The second kappa shape index (κ2) is 6.30. The fraction of sp³-hybridized carbons (Fsp3) is 0.176. The molecule has 0 aliphatic rings. The Balaban J connectivity index is 2.20. The molecule has 4 nitrogen and oxygen atoms in total. The molecule has 0 fully saturated rings. The van der Waals surface area contributed by atoms with Crippen molar-refractivity contribution in [2.45, 2.75) is 13.1 Å². The lowest BCUT2D eigenvalue weighted by molar-refractivity contribution is -0.137. The number of hydrogen-bond acceptors (Lipinski definition) is 3. The van der Waals surface area contributed by atoms with E-state index in [1.165, 1.54) is 0 Å². The van der Waals surface area contributed by atoms with E-state index in [1.807, 2.05) is 13.0 Å². The molecule has 0 aliphatic heterocycles. The number of imidazole rings is 1. The van der Waals surface area contributed by atoms with Crippen LogP contribution in [0.15, 0.2) is 36.5 Å². The first-order chi connectivity index (χ1) is 11.8. The van der Waals surface area contributed by atoms with Gasteiger partial charge in [0.1, 0.15) is 17.5 Å². The standard InChI is InChI=1S/C17H11ClF3N3O/c1-2-25-12-5-3-10(4-6-12)15-14(8-22)24-9-11(17(19,20)21)7-13(18)16(24)23-15/h3-7,9H,2H2,1H3. The smallest absolute Gasteiger partial charge is 0.417 e. The van der Waals surface area contributed by atoms with Crippen LogP contribution in [0.5, 0.6) is 5.75 Å². The zero-order valence-corrected chi connectivity index (χ0v) is 13.7. The number of pyridine rings is 1. The summed E-state index contributed by atoms with van der Waals surface area (Å²) in [7, 11) is 0. The molecule has 0 unspecified atom stereocenters. The predicted octanol–water partition coefficient (Wildman–Crippen LogP) is 4.94. The zero-order valence-electron chi connectivity index (χ0n) is 12.9. The van der Waals surface area contributed by atoms with E-state index in [2.05, 4.69) is 4.98 Å². The van der Waals surface area contributed by atoms with E-state index < -0.39 is 11.7 Å². The summed E-state index contributed by atoms with van der Waals surface area (Å²) in [5.41, 5.74) is -0.0421. The van der Waals surface area contributed by atoms with Crippen LogP contribution in [0.1, 0.15) is 18.2 Å². The topological polar surface area (TPSA) is 50.3 Å². The lowest BCUT2D eigenvalue weighted by Gasteiger charge is -2.08.